The number of aromatic nitrogens is 5. The number of nitrogens with one attached hydrogen (secondary N) is 1. The van der Waals surface area contributed by atoms with Crippen molar-refractivity contribution in [1.29, 1.82) is 0 Å². The van der Waals surface area contributed by atoms with Crippen molar-refractivity contribution >= 4 is 5.91 Å². The first-order valence-corrected chi connectivity index (χ1v) is 10.0. The maximum Gasteiger partial charge on any atom is 0.346 e. The molecule has 0 radical (unpaired) electrons. The second-order valence-corrected chi connectivity index (χ2v) is 7.42. The smallest absolute Gasteiger partial charge is 0.346 e. The molecule has 1 amide bonds. The minimum absolute atomic E-state index is 0.00556. The fraction of sp³-hybridized carbons (Fsp3) is 0.381. The molecular formula is C21H23FN6O2. The quantitative estimate of drug-likeness (QED) is 0.664. The molecule has 8 nitrogen and oxygen atoms in total. The number of hydrogen-bond acceptors (Lipinski definition) is 5. The van der Waals surface area contributed by atoms with Crippen LogP contribution in [0, 0.1) is 5.82 Å². The minimum Gasteiger partial charge on any atom is -0.353 e. The molecule has 4 rings (SSSR count). The van der Waals surface area contributed by atoms with Gasteiger partial charge in [0.1, 0.15) is 11.6 Å². The molecule has 0 spiro atoms. The van der Waals surface area contributed by atoms with Crippen LogP contribution in [0.2, 0.25) is 0 Å². The minimum atomic E-state index is -0.309. The van der Waals surface area contributed by atoms with Gasteiger partial charge >= 0.3 is 5.69 Å². The number of rotatable bonds is 6. The van der Waals surface area contributed by atoms with E-state index < -0.39 is 0 Å². The van der Waals surface area contributed by atoms with Gasteiger partial charge in [-0.05, 0) is 37.0 Å². The number of carbonyl (C=O) groups is 1. The van der Waals surface area contributed by atoms with Crippen LogP contribution in [0.15, 0.2) is 47.7 Å². The van der Waals surface area contributed by atoms with E-state index in [9.17, 15) is 14.0 Å². The predicted octanol–water partition coefficient (Wildman–Crippen LogP) is 1.48. The van der Waals surface area contributed by atoms with Crippen molar-refractivity contribution in [2.24, 2.45) is 0 Å². The molecule has 3 heterocycles. The van der Waals surface area contributed by atoms with E-state index in [1.165, 1.54) is 16.8 Å². The molecule has 2 aromatic heterocycles. The molecule has 9 heteroatoms. The Labute approximate surface area is 172 Å². The molecule has 30 heavy (non-hydrogen) atoms. The van der Waals surface area contributed by atoms with E-state index in [2.05, 4.69) is 20.4 Å². The molecule has 156 valence electrons. The lowest BCUT2D eigenvalue weighted by atomic mass is 10.1. The van der Waals surface area contributed by atoms with Crippen LogP contribution in [-0.4, -0.2) is 36.3 Å². The van der Waals surface area contributed by atoms with Crippen LogP contribution in [-0.2, 0) is 30.7 Å². The Balaban J connectivity index is 1.33. The maximum atomic E-state index is 13.1. The number of nitrogens with zero attached hydrogens (tertiary/aromatic N) is 5. The zero-order chi connectivity index (χ0) is 20.9. The number of fused-ring (bicyclic) bond motifs is 1. The summed E-state index contributed by atoms with van der Waals surface area (Å²) in [7, 11) is 0. The highest BCUT2D eigenvalue weighted by Gasteiger charge is 2.22. The first kappa shape index (κ1) is 19.9. The molecule has 1 aliphatic rings. The third-order valence-electron chi connectivity index (χ3n) is 5.25. The zero-order valence-corrected chi connectivity index (χ0v) is 16.5. The summed E-state index contributed by atoms with van der Waals surface area (Å²) < 4.78 is 16.2. The monoisotopic (exact) mass is 410 g/mol. The second-order valence-electron chi connectivity index (χ2n) is 7.42. The molecule has 1 unspecified atom stereocenters. The Morgan fingerprint density at radius 2 is 2.03 bits per heavy atom. The van der Waals surface area contributed by atoms with Gasteiger partial charge in [0, 0.05) is 44.0 Å². The van der Waals surface area contributed by atoms with Crippen LogP contribution >= 0.6 is 0 Å². The van der Waals surface area contributed by atoms with Gasteiger partial charge in [-0.3, -0.25) is 19.3 Å². The highest BCUT2D eigenvalue weighted by atomic mass is 19.1. The van der Waals surface area contributed by atoms with Gasteiger partial charge in [0.15, 0.2) is 0 Å². The van der Waals surface area contributed by atoms with Gasteiger partial charge in [0.2, 0.25) is 5.91 Å². The lowest BCUT2D eigenvalue weighted by molar-refractivity contribution is -0.121. The molecule has 0 fully saturated rings. The van der Waals surface area contributed by atoms with Crippen LogP contribution in [0.5, 0.6) is 0 Å². The molecule has 0 saturated heterocycles. The van der Waals surface area contributed by atoms with Crippen molar-refractivity contribution in [1.82, 2.24) is 29.6 Å². The van der Waals surface area contributed by atoms with Gasteiger partial charge in [-0.25, -0.2) is 13.9 Å². The van der Waals surface area contributed by atoms with Crippen LogP contribution < -0.4 is 11.0 Å². The average molecular weight is 410 g/mol. The van der Waals surface area contributed by atoms with E-state index in [0.717, 1.165) is 23.5 Å². The summed E-state index contributed by atoms with van der Waals surface area (Å²) in [6.45, 7) is 0.814. The van der Waals surface area contributed by atoms with Crippen LogP contribution in [0.3, 0.4) is 0 Å². The van der Waals surface area contributed by atoms with Gasteiger partial charge in [0.05, 0.1) is 12.2 Å². The van der Waals surface area contributed by atoms with E-state index in [-0.39, 0.29) is 23.5 Å². The van der Waals surface area contributed by atoms with Crippen molar-refractivity contribution in [3.05, 3.63) is 76.2 Å². The first-order valence-electron chi connectivity index (χ1n) is 10.0. The summed E-state index contributed by atoms with van der Waals surface area (Å²) in [4.78, 5) is 33.2. The summed E-state index contributed by atoms with van der Waals surface area (Å²) >= 11 is 0. The average Bonchev–Trinajstić information content (AvgIpc) is 2.92. The maximum absolute atomic E-state index is 13.1. The number of halogens is 1. The van der Waals surface area contributed by atoms with Crippen molar-refractivity contribution in [2.75, 3.05) is 0 Å². The van der Waals surface area contributed by atoms with E-state index in [4.69, 9.17) is 0 Å². The van der Waals surface area contributed by atoms with Crippen LogP contribution in [0.4, 0.5) is 4.39 Å². The third-order valence-corrected chi connectivity index (χ3v) is 5.25. The van der Waals surface area contributed by atoms with Crippen molar-refractivity contribution in [2.45, 2.75) is 51.2 Å². The Hall–Kier alpha value is -3.36. The molecule has 0 bridgehead atoms. The highest BCUT2D eigenvalue weighted by Crippen LogP contribution is 2.13. The number of amides is 1. The van der Waals surface area contributed by atoms with Crippen LogP contribution in [0.1, 0.15) is 36.3 Å². The lowest BCUT2D eigenvalue weighted by Crippen LogP contribution is -2.36. The molecule has 1 aliphatic heterocycles. The standard InChI is InChI=1S/C21H23FN6O2/c22-16-3-1-15(2-4-16)14-28-21(30)27-12-9-17(5-7-19(27)26-28)25-20(29)8-6-18-13-23-10-11-24-18/h1-4,10-11,13,17H,5-9,12,14H2,(H,25,29). The van der Waals surface area contributed by atoms with E-state index in [1.54, 1.807) is 35.3 Å². The van der Waals surface area contributed by atoms with E-state index in [0.29, 0.717) is 38.8 Å². The summed E-state index contributed by atoms with van der Waals surface area (Å²) in [5.74, 6) is 0.383. The molecule has 0 saturated carbocycles. The summed E-state index contributed by atoms with van der Waals surface area (Å²) in [6.07, 6.45) is 7.78. The summed E-state index contributed by atoms with van der Waals surface area (Å²) in [6, 6.07) is 6.06. The van der Waals surface area contributed by atoms with Gasteiger partial charge < -0.3 is 5.32 Å². The number of benzene rings is 1. The highest BCUT2D eigenvalue weighted by molar-refractivity contribution is 5.76. The van der Waals surface area contributed by atoms with Crippen molar-refractivity contribution < 1.29 is 9.18 Å². The van der Waals surface area contributed by atoms with Gasteiger partial charge in [-0.2, -0.15) is 5.10 Å². The molecule has 1 N–H and O–H groups in total. The Morgan fingerprint density at radius 1 is 1.20 bits per heavy atom. The Morgan fingerprint density at radius 3 is 2.80 bits per heavy atom. The zero-order valence-electron chi connectivity index (χ0n) is 16.5. The topological polar surface area (TPSA) is 94.7 Å². The summed E-state index contributed by atoms with van der Waals surface area (Å²) in [5, 5.41) is 7.52. The number of hydrogen-bond donors (Lipinski definition) is 1. The van der Waals surface area contributed by atoms with Gasteiger partial charge in [-0.1, -0.05) is 12.1 Å². The normalized spacial score (nSPS) is 16.0. The Bertz CT molecular complexity index is 1060. The molecular weight excluding hydrogens is 387 g/mol. The second kappa shape index (κ2) is 8.98. The lowest BCUT2D eigenvalue weighted by Gasteiger charge is -2.16. The third kappa shape index (κ3) is 4.79. The van der Waals surface area contributed by atoms with E-state index >= 15 is 0 Å². The SMILES string of the molecule is O=C(CCc1cnccn1)NC1CCc2nn(Cc3ccc(F)cc3)c(=O)n2CC1. The molecule has 3 aromatic rings. The van der Waals surface area contributed by atoms with Crippen molar-refractivity contribution in [3.63, 3.8) is 0 Å². The van der Waals surface area contributed by atoms with Gasteiger partial charge in [0.25, 0.3) is 0 Å². The summed E-state index contributed by atoms with van der Waals surface area (Å²) in [5.41, 5.74) is 1.43. The molecule has 0 aliphatic carbocycles. The largest absolute Gasteiger partial charge is 0.353 e. The fourth-order valence-electron chi connectivity index (χ4n) is 3.64. The molecule has 1 aromatic carbocycles. The van der Waals surface area contributed by atoms with Crippen molar-refractivity contribution in [3.8, 4) is 0 Å². The van der Waals surface area contributed by atoms with Crippen LogP contribution in [0.25, 0.3) is 0 Å². The first-order chi connectivity index (χ1) is 14.6. The predicted molar refractivity (Wildman–Crippen MR) is 107 cm³/mol. The number of aryl methyl sites for hydroxylation is 2. The fourth-order valence-corrected chi connectivity index (χ4v) is 3.64. The molecule has 1 atom stereocenters. The Kier molecular flexibility index (Phi) is 5.97. The van der Waals surface area contributed by atoms with Gasteiger partial charge in [-0.15, -0.1) is 0 Å². The van der Waals surface area contributed by atoms with E-state index in [1.807, 2.05) is 0 Å². The number of carbonyl (C=O) groups excluding carboxylic acids is 1.